The molecule has 5 heteroatoms. The van der Waals surface area contributed by atoms with E-state index in [0.717, 1.165) is 37.4 Å². The van der Waals surface area contributed by atoms with E-state index in [9.17, 15) is 4.79 Å². The molecule has 100 valence electrons. The molecule has 0 aliphatic carbocycles. The van der Waals surface area contributed by atoms with Gasteiger partial charge in [-0.2, -0.15) is 5.26 Å². The van der Waals surface area contributed by atoms with Gasteiger partial charge in [-0.25, -0.2) is 0 Å². The summed E-state index contributed by atoms with van der Waals surface area (Å²) in [7, 11) is 0. The highest BCUT2D eigenvalue weighted by atomic mass is 16.2. The molecular formula is C14H18N4O. The van der Waals surface area contributed by atoms with Crippen molar-refractivity contribution in [3.05, 3.63) is 29.3 Å². The molecule has 0 spiro atoms. The molecular weight excluding hydrogens is 240 g/mol. The number of nitrogens with zero attached hydrogens (tertiary/aromatic N) is 2. The summed E-state index contributed by atoms with van der Waals surface area (Å²) in [4.78, 5) is 14.1. The van der Waals surface area contributed by atoms with Gasteiger partial charge in [-0.3, -0.25) is 9.69 Å². The van der Waals surface area contributed by atoms with Crippen molar-refractivity contribution in [1.82, 2.24) is 10.2 Å². The Labute approximate surface area is 113 Å². The normalized spacial score (nSPS) is 15.8. The van der Waals surface area contributed by atoms with Gasteiger partial charge in [0.05, 0.1) is 18.2 Å². The average molecular weight is 258 g/mol. The maximum Gasteiger partial charge on any atom is 0.238 e. The number of benzene rings is 1. The molecule has 0 unspecified atom stereocenters. The van der Waals surface area contributed by atoms with Gasteiger partial charge in [0.15, 0.2) is 0 Å². The van der Waals surface area contributed by atoms with Crippen LogP contribution in [0.15, 0.2) is 18.2 Å². The second kappa shape index (κ2) is 6.32. The number of carbonyl (C=O) groups excluding carboxylic acids is 1. The van der Waals surface area contributed by atoms with Gasteiger partial charge in [-0.1, -0.05) is 6.07 Å². The van der Waals surface area contributed by atoms with E-state index in [-0.39, 0.29) is 5.91 Å². The monoisotopic (exact) mass is 258 g/mol. The summed E-state index contributed by atoms with van der Waals surface area (Å²) in [6.07, 6.45) is 0. The van der Waals surface area contributed by atoms with E-state index in [2.05, 4.69) is 21.6 Å². The lowest BCUT2D eigenvalue weighted by Crippen LogP contribution is -2.46. The first-order chi connectivity index (χ1) is 9.19. The molecule has 0 radical (unpaired) electrons. The number of nitriles is 1. The second-order valence-electron chi connectivity index (χ2n) is 4.72. The average Bonchev–Trinajstić information content (AvgIpc) is 2.42. The quantitative estimate of drug-likeness (QED) is 0.838. The van der Waals surface area contributed by atoms with Crippen LogP contribution in [0.5, 0.6) is 0 Å². The van der Waals surface area contributed by atoms with Gasteiger partial charge in [0.2, 0.25) is 5.91 Å². The Morgan fingerprint density at radius 1 is 1.47 bits per heavy atom. The lowest BCUT2D eigenvalue weighted by Gasteiger charge is -2.26. The summed E-state index contributed by atoms with van der Waals surface area (Å²) in [5.74, 6) is -0.0277. The third-order valence-electron chi connectivity index (χ3n) is 3.22. The van der Waals surface area contributed by atoms with Gasteiger partial charge in [0, 0.05) is 31.9 Å². The molecule has 0 atom stereocenters. The van der Waals surface area contributed by atoms with Gasteiger partial charge >= 0.3 is 0 Å². The molecule has 19 heavy (non-hydrogen) atoms. The molecule has 1 amide bonds. The number of hydrogen-bond donors (Lipinski definition) is 2. The van der Waals surface area contributed by atoms with Crippen molar-refractivity contribution >= 4 is 11.6 Å². The highest BCUT2D eigenvalue weighted by molar-refractivity contribution is 5.93. The highest BCUT2D eigenvalue weighted by Gasteiger charge is 2.14. The third kappa shape index (κ3) is 3.78. The Bertz CT molecular complexity index is 501. The maximum absolute atomic E-state index is 12.0. The molecule has 0 aromatic heterocycles. The van der Waals surface area contributed by atoms with Crippen LogP contribution in [0.4, 0.5) is 5.69 Å². The summed E-state index contributed by atoms with van der Waals surface area (Å²) in [5.41, 5.74) is 2.25. The summed E-state index contributed by atoms with van der Waals surface area (Å²) in [5, 5.41) is 15.0. The molecule has 1 aromatic carbocycles. The van der Waals surface area contributed by atoms with Crippen molar-refractivity contribution in [2.45, 2.75) is 6.92 Å². The summed E-state index contributed by atoms with van der Waals surface area (Å²) < 4.78 is 0. The SMILES string of the molecule is Cc1ccc(C#N)cc1NC(=O)CN1CCNCC1. The number of nitrogens with one attached hydrogen (secondary N) is 2. The summed E-state index contributed by atoms with van der Waals surface area (Å²) in [6.45, 7) is 5.96. The molecule has 1 fully saturated rings. The van der Waals surface area contributed by atoms with Crippen molar-refractivity contribution in [2.24, 2.45) is 0 Å². The molecule has 0 saturated carbocycles. The standard InChI is InChI=1S/C14H18N4O/c1-11-2-3-12(9-15)8-13(11)17-14(19)10-18-6-4-16-5-7-18/h2-3,8,16H,4-7,10H2,1H3,(H,17,19). The Kier molecular flexibility index (Phi) is 4.50. The van der Waals surface area contributed by atoms with E-state index in [1.54, 1.807) is 12.1 Å². The van der Waals surface area contributed by atoms with Crippen LogP contribution in [0.3, 0.4) is 0 Å². The molecule has 1 aromatic rings. The van der Waals surface area contributed by atoms with Crippen molar-refractivity contribution in [3.8, 4) is 6.07 Å². The smallest absolute Gasteiger partial charge is 0.238 e. The molecule has 2 rings (SSSR count). The predicted octanol–water partition coefficient (Wildman–Crippen LogP) is 0.710. The van der Waals surface area contributed by atoms with Crippen LogP contribution >= 0.6 is 0 Å². The Hall–Kier alpha value is -1.90. The number of rotatable bonds is 3. The third-order valence-corrected chi connectivity index (χ3v) is 3.22. The number of amides is 1. The summed E-state index contributed by atoms with van der Waals surface area (Å²) >= 11 is 0. The largest absolute Gasteiger partial charge is 0.325 e. The van der Waals surface area contributed by atoms with Gasteiger partial charge < -0.3 is 10.6 Å². The molecule has 1 heterocycles. The van der Waals surface area contributed by atoms with Crippen molar-refractivity contribution in [1.29, 1.82) is 5.26 Å². The zero-order valence-corrected chi connectivity index (χ0v) is 11.1. The first-order valence-electron chi connectivity index (χ1n) is 6.43. The predicted molar refractivity (Wildman–Crippen MR) is 73.8 cm³/mol. The lowest BCUT2D eigenvalue weighted by molar-refractivity contribution is -0.117. The van der Waals surface area contributed by atoms with Gasteiger partial charge in [-0.05, 0) is 24.6 Å². The number of anilines is 1. The molecule has 2 N–H and O–H groups in total. The van der Waals surface area contributed by atoms with Crippen LogP contribution in [-0.2, 0) is 4.79 Å². The minimum absolute atomic E-state index is 0.0277. The zero-order valence-electron chi connectivity index (χ0n) is 11.1. The Balaban J connectivity index is 1.96. The van der Waals surface area contributed by atoms with Gasteiger partial charge in [-0.15, -0.1) is 0 Å². The molecule has 1 saturated heterocycles. The zero-order chi connectivity index (χ0) is 13.7. The van der Waals surface area contributed by atoms with Crippen molar-refractivity contribution in [2.75, 3.05) is 38.0 Å². The fourth-order valence-electron chi connectivity index (χ4n) is 2.09. The van der Waals surface area contributed by atoms with E-state index in [4.69, 9.17) is 5.26 Å². The van der Waals surface area contributed by atoms with E-state index >= 15 is 0 Å². The van der Waals surface area contributed by atoms with E-state index in [1.165, 1.54) is 0 Å². The van der Waals surface area contributed by atoms with Crippen LogP contribution in [0.2, 0.25) is 0 Å². The van der Waals surface area contributed by atoms with E-state index in [0.29, 0.717) is 12.1 Å². The van der Waals surface area contributed by atoms with Crippen molar-refractivity contribution < 1.29 is 4.79 Å². The Morgan fingerprint density at radius 3 is 2.89 bits per heavy atom. The van der Waals surface area contributed by atoms with Crippen LogP contribution in [0.25, 0.3) is 0 Å². The number of carbonyl (C=O) groups is 1. The first kappa shape index (κ1) is 13.5. The maximum atomic E-state index is 12.0. The summed E-state index contributed by atoms with van der Waals surface area (Å²) in [6, 6.07) is 7.39. The fourth-order valence-corrected chi connectivity index (χ4v) is 2.09. The number of hydrogen-bond acceptors (Lipinski definition) is 4. The minimum Gasteiger partial charge on any atom is -0.325 e. The fraction of sp³-hybridized carbons (Fsp3) is 0.429. The molecule has 5 nitrogen and oxygen atoms in total. The molecule has 1 aliphatic heterocycles. The molecule has 1 aliphatic rings. The minimum atomic E-state index is -0.0277. The van der Waals surface area contributed by atoms with E-state index in [1.807, 2.05) is 13.0 Å². The van der Waals surface area contributed by atoms with Crippen LogP contribution < -0.4 is 10.6 Å². The number of aryl methyl sites for hydroxylation is 1. The van der Waals surface area contributed by atoms with Crippen LogP contribution in [-0.4, -0.2) is 43.5 Å². The lowest BCUT2D eigenvalue weighted by atomic mass is 10.1. The first-order valence-corrected chi connectivity index (χ1v) is 6.43. The Morgan fingerprint density at radius 2 is 2.21 bits per heavy atom. The number of piperazine rings is 1. The second-order valence-corrected chi connectivity index (χ2v) is 4.72. The van der Waals surface area contributed by atoms with Gasteiger partial charge in [0.1, 0.15) is 0 Å². The van der Waals surface area contributed by atoms with E-state index < -0.39 is 0 Å². The van der Waals surface area contributed by atoms with Crippen molar-refractivity contribution in [3.63, 3.8) is 0 Å². The molecule has 0 bridgehead atoms. The van der Waals surface area contributed by atoms with Crippen LogP contribution in [0.1, 0.15) is 11.1 Å². The van der Waals surface area contributed by atoms with Crippen LogP contribution in [0, 0.1) is 18.3 Å². The topological polar surface area (TPSA) is 68.2 Å². The highest BCUT2D eigenvalue weighted by Crippen LogP contribution is 2.16. The van der Waals surface area contributed by atoms with Gasteiger partial charge in [0.25, 0.3) is 0 Å².